The van der Waals surface area contributed by atoms with Crippen molar-refractivity contribution in [3.63, 3.8) is 0 Å². The molecule has 0 aliphatic heterocycles. The van der Waals surface area contributed by atoms with Gasteiger partial charge in [0, 0.05) is 27.6 Å². The third-order valence-corrected chi connectivity index (χ3v) is 5.26. The van der Waals surface area contributed by atoms with E-state index in [4.69, 9.17) is 0 Å². The lowest BCUT2D eigenvalue weighted by Gasteiger charge is -2.04. The lowest BCUT2D eigenvalue weighted by molar-refractivity contribution is 1.25. The van der Waals surface area contributed by atoms with Crippen LogP contribution in [0.2, 0.25) is 0 Å². The molecule has 1 aliphatic rings. The Balaban J connectivity index is 2.01. The van der Waals surface area contributed by atoms with Gasteiger partial charge in [0.1, 0.15) is 0 Å². The van der Waals surface area contributed by atoms with E-state index in [0.717, 1.165) is 32.7 Å². The molecule has 0 radical (unpaired) electrons. The lowest BCUT2D eigenvalue weighted by Crippen LogP contribution is -2.08. The fourth-order valence-electron chi connectivity index (χ4n) is 3.17. The Bertz CT molecular complexity index is 1070. The average Bonchev–Trinajstić information content (AvgIpc) is 2.95. The first-order valence-corrected chi connectivity index (χ1v) is 9.43. The number of rotatable bonds is 2. The summed E-state index contributed by atoms with van der Waals surface area (Å²) in [5.41, 5.74) is 4.71. The first-order chi connectivity index (χ1) is 12.3. The topological polar surface area (TPSA) is 30.0 Å². The molecular formula is C22H17NOS. The molecule has 1 aliphatic carbocycles. The Morgan fingerprint density at radius 1 is 1.04 bits per heavy atom. The minimum atomic E-state index is 0.0757. The van der Waals surface area contributed by atoms with Gasteiger partial charge in [0.2, 0.25) is 0 Å². The zero-order valence-corrected chi connectivity index (χ0v) is 14.7. The Morgan fingerprint density at radius 2 is 1.88 bits per heavy atom. The summed E-state index contributed by atoms with van der Waals surface area (Å²) in [4.78, 5) is 18.9. The van der Waals surface area contributed by atoms with Crippen LogP contribution in [0.3, 0.4) is 0 Å². The van der Waals surface area contributed by atoms with E-state index in [2.05, 4.69) is 11.1 Å². The van der Waals surface area contributed by atoms with Crippen molar-refractivity contribution in [2.45, 2.75) is 6.42 Å². The molecule has 2 aromatic carbocycles. The maximum Gasteiger partial charge on any atom is 0.192 e. The van der Waals surface area contributed by atoms with Crippen LogP contribution in [-0.4, -0.2) is 11.2 Å². The van der Waals surface area contributed by atoms with E-state index in [-0.39, 0.29) is 5.43 Å². The molecule has 3 aromatic rings. The molecule has 0 bridgehead atoms. The van der Waals surface area contributed by atoms with E-state index in [9.17, 15) is 4.79 Å². The third-order valence-electron chi connectivity index (χ3n) is 4.47. The van der Waals surface area contributed by atoms with Crippen LogP contribution in [0, 0.1) is 0 Å². The van der Waals surface area contributed by atoms with Crippen molar-refractivity contribution in [1.29, 1.82) is 0 Å². The van der Waals surface area contributed by atoms with Gasteiger partial charge in [-0.3, -0.25) is 9.78 Å². The molecule has 2 nitrogen and oxygen atoms in total. The molecule has 0 fully saturated rings. The number of nitrogens with zero attached hydrogens (tertiary/aromatic N) is 1. The molecule has 0 spiro atoms. The summed E-state index contributed by atoms with van der Waals surface area (Å²) in [7, 11) is 0. The van der Waals surface area contributed by atoms with Crippen molar-refractivity contribution < 1.29 is 0 Å². The molecule has 122 valence electrons. The van der Waals surface area contributed by atoms with Crippen molar-refractivity contribution in [2.75, 3.05) is 6.26 Å². The van der Waals surface area contributed by atoms with Crippen LogP contribution in [0.15, 0.2) is 77.8 Å². The molecule has 0 N–H and O–H groups in total. The summed E-state index contributed by atoms with van der Waals surface area (Å²) in [6, 6.07) is 16.0. The Labute approximate surface area is 150 Å². The van der Waals surface area contributed by atoms with Crippen LogP contribution < -0.4 is 5.43 Å². The number of thioether (sulfide) groups is 1. The second-order valence-electron chi connectivity index (χ2n) is 5.94. The van der Waals surface area contributed by atoms with Gasteiger partial charge in [-0.2, -0.15) is 0 Å². The molecule has 0 atom stereocenters. The Kier molecular flexibility index (Phi) is 4.24. The van der Waals surface area contributed by atoms with Gasteiger partial charge in [0.25, 0.3) is 0 Å². The van der Waals surface area contributed by atoms with Crippen molar-refractivity contribution in [3.8, 4) is 11.1 Å². The molecule has 4 rings (SSSR count). The molecule has 1 aromatic heterocycles. The summed E-state index contributed by atoms with van der Waals surface area (Å²) < 4.78 is 0. The lowest BCUT2D eigenvalue weighted by atomic mass is 10.0. The van der Waals surface area contributed by atoms with Crippen LogP contribution in [0.4, 0.5) is 0 Å². The van der Waals surface area contributed by atoms with Crippen molar-refractivity contribution in [1.82, 2.24) is 4.98 Å². The monoisotopic (exact) mass is 343 g/mol. The van der Waals surface area contributed by atoms with E-state index in [0.29, 0.717) is 11.8 Å². The molecule has 0 unspecified atom stereocenters. The fourth-order valence-corrected chi connectivity index (χ4v) is 3.79. The summed E-state index contributed by atoms with van der Waals surface area (Å²) >= 11 is 1.66. The van der Waals surface area contributed by atoms with Crippen molar-refractivity contribution in [2.24, 2.45) is 0 Å². The first-order valence-electron chi connectivity index (χ1n) is 8.20. The number of hydrogen-bond acceptors (Lipinski definition) is 3. The van der Waals surface area contributed by atoms with Crippen molar-refractivity contribution in [3.05, 3.63) is 94.3 Å². The van der Waals surface area contributed by atoms with E-state index >= 15 is 0 Å². The van der Waals surface area contributed by atoms with E-state index < -0.39 is 0 Å². The minimum Gasteiger partial charge on any atom is -0.289 e. The van der Waals surface area contributed by atoms with Crippen LogP contribution in [0.5, 0.6) is 0 Å². The molecule has 25 heavy (non-hydrogen) atoms. The maximum atomic E-state index is 13.3. The third kappa shape index (κ3) is 2.92. The minimum absolute atomic E-state index is 0.0757. The largest absolute Gasteiger partial charge is 0.289 e. The number of hydrogen-bond donors (Lipinski definition) is 0. The van der Waals surface area contributed by atoms with Gasteiger partial charge < -0.3 is 0 Å². The fraction of sp³-hybridized carbons (Fsp3) is 0.0909. The van der Waals surface area contributed by atoms with Crippen LogP contribution in [-0.2, 0) is 6.42 Å². The first kappa shape index (κ1) is 15.9. The number of aromatic nitrogens is 1. The zero-order chi connectivity index (χ0) is 17.2. The number of benzene rings is 1. The van der Waals surface area contributed by atoms with Gasteiger partial charge in [-0.15, -0.1) is 11.8 Å². The zero-order valence-electron chi connectivity index (χ0n) is 13.9. The van der Waals surface area contributed by atoms with Crippen LogP contribution >= 0.6 is 11.8 Å². The summed E-state index contributed by atoms with van der Waals surface area (Å²) in [6.45, 7) is 0. The second kappa shape index (κ2) is 6.69. The predicted molar refractivity (Wildman–Crippen MR) is 108 cm³/mol. The quantitative estimate of drug-likeness (QED) is 0.650. The normalized spacial score (nSPS) is 13.2. The average molecular weight is 343 g/mol. The summed E-state index contributed by atoms with van der Waals surface area (Å²) in [5, 5.41) is 0.679. The standard InChI is InChI=1S/C22H17NOS/c1-25-21-10-6-5-9-18-17(21)11-12-20-19(22(18)24)13-16(14-23-20)15-7-3-2-4-8-15/h2-8,10-14H,9H2,1H3. The SMILES string of the molecule is CSC1=CC=CCc2c1ccc1ncc(-c3ccccc3)cc1c2=O. The molecule has 0 saturated heterocycles. The summed E-state index contributed by atoms with van der Waals surface area (Å²) in [5.74, 6) is 0. The van der Waals surface area contributed by atoms with Crippen molar-refractivity contribution >= 4 is 27.6 Å². The van der Waals surface area contributed by atoms with E-state index in [1.165, 1.54) is 0 Å². The molecule has 3 heteroatoms. The highest BCUT2D eigenvalue weighted by Gasteiger charge is 2.13. The smallest absolute Gasteiger partial charge is 0.192 e. The molecule has 1 heterocycles. The number of pyridine rings is 1. The van der Waals surface area contributed by atoms with Gasteiger partial charge in [0.05, 0.1) is 5.52 Å². The predicted octanol–water partition coefficient (Wildman–Crippen LogP) is 5.08. The highest BCUT2D eigenvalue weighted by Crippen LogP contribution is 2.30. The summed E-state index contributed by atoms with van der Waals surface area (Å²) in [6.07, 6.45) is 10.7. The van der Waals surface area contributed by atoms with Crippen LogP contribution in [0.1, 0.15) is 11.1 Å². The van der Waals surface area contributed by atoms with Gasteiger partial charge in [-0.1, -0.05) is 48.6 Å². The van der Waals surface area contributed by atoms with Gasteiger partial charge in [-0.25, -0.2) is 0 Å². The van der Waals surface area contributed by atoms with Gasteiger partial charge in [-0.05, 0) is 42.0 Å². The Hall–Kier alpha value is -2.65. The highest BCUT2D eigenvalue weighted by atomic mass is 32.2. The van der Waals surface area contributed by atoms with E-state index in [1.54, 1.807) is 11.8 Å². The second-order valence-corrected chi connectivity index (χ2v) is 6.79. The number of fused-ring (bicyclic) bond motifs is 2. The Morgan fingerprint density at radius 3 is 2.68 bits per heavy atom. The van der Waals surface area contributed by atoms with E-state index in [1.807, 2.05) is 73.1 Å². The molecule has 0 saturated carbocycles. The number of allylic oxidation sites excluding steroid dienone is 3. The van der Waals surface area contributed by atoms with Gasteiger partial charge >= 0.3 is 0 Å². The van der Waals surface area contributed by atoms with Gasteiger partial charge in [0.15, 0.2) is 5.43 Å². The van der Waals surface area contributed by atoms with Crippen LogP contribution in [0.25, 0.3) is 26.9 Å². The molecular weight excluding hydrogens is 326 g/mol. The highest BCUT2D eigenvalue weighted by molar-refractivity contribution is 8.07. The molecule has 0 amide bonds. The maximum absolute atomic E-state index is 13.3.